The molecule has 0 saturated heterocycles. The molecule has 3 rings (SSSR count). The third-order valence-corrected chi connectivity index (χ3v) is 4.10. The molecule has 1 aromatic rings. The van der Waals surface area contributed by atoms with Gasteiger partial charge in [0.25, 0.3) is 0 Å². The first-order chi connectivity index (χ1) is 9.88. The molecule has 1 N–H and O–H groups in total. The third kappa shape index (κ3) is 2.81. The van der Waals surface area contributed by atoms with Gasteiger partial charge in [-0.1, -0.05) is 30.0 Å². The van der Waals surface area contributed by atoms with Crippen LogP contribution in [-0.2, 0) is 4.84 Å². The van der Waals surface area contributed by atoms with Crippen LogP contribution in [0, 0.1) is 0 Å². The second kappa shape index (κ2) is 6.29. The lowest BCUT2D eigenvalue weighted by Gasteiger charge is -2.08. The minimum absolute atomic E-state index is 0.613. The Kier molecular flexibility index (Phi) is 4.23. The molecule has 0 aromatic heterocycles. The molecule has 2 heterocycles. The number of nitrogens with one attached hydrogen (secondary N) is 1. The zero-order valence-electron chi connectivity index (χ0n) is 10.8. The van der Waals surface area contributed by atoms with E-state index in [1.807, 2.05) is 41.8 Å². The van der Waals surface area contributed by atoms with Crippen LogP contribution in [0.2, 0.25) is 0 Å². The summed E-state index contributed by atoms with van der Waals surface area (Å²) in [4.78, 5) is 6.57. The number of fused-ring (bicyclic) bond motifs is 1. The normalized spacial score (nSPS) is 16.4. The van der Waals surface area contributed by atoms with E-state index in [4.69, 9.17) is 21.2 Å². The molecule has 0 aliphatic carbocycles. The lowest BCUT2D eigenvalue weighted by molar-refractivity contribution is 0.177. The van der Waals surface area contributed by atoms with E-state index in [1.54, 1.807) is 11.8 Å². The van der Waals surface area contributed by atoms with Gasteiger partial charge in [-0.05, 0) is 30.0 Å². The number of halogens is 1. The SMILES string of the molecule is ClCCCOc1cccc(C2=C3SC=CC=C3ON2)c1. The van der Waals surface area contributed by atoms with Crippen molar-refractivity contribution in [1.29, 1.82) is 0 Å². The van der Waals surface area contributed by atoms with Crippen LogP contribution < -0.4 is 10.2 Å². The van der Waals surface area contributed by atoms with Crippen molar-refractivity contribution in [3.63, 3.8) is 0 Å². The average molecular weight is 308 g/mol. The van der Waals surface area contributed by atoms with Crippen LogP contribution in [0.5, 0.6) is 5.75 Å². The number of benzene rings is 1. The lowest BCUT2D eigenvalue weighted by Crippen LogP contribution is -2.05. The topological polar surface area (TPSA) is 30.5 Å². The van der Waals surface area contributed by atoms with Crippen LogP contribution in [0.25, 0.3) is 5.70 Å². The zero-order chi connectivity index (χ0) is 13.8. The molecule has 2 aliphatic heterocycles. The molecule has 0 amide bonds. The molecule has 104 valence electrons. The van der Waals surface area contributed by atoms with E-state index >= 15 is 0 Å². The molecule has 0 saturated carbocycles. The third-order valence-electron chi connectivity index (χ3n) is 2.90. The van der Waals surface area contributed by atoms with Crippen LogP contribution >= 0.6 is 23.4 Å². The van der Waals surface area contributed by atoms with Crippen LogP contribution in [0.3, 0.4) is 0 Å². The maximum Gasteiger partial charge on any atom is 0.171 e. The molecule has 0 radical (unpaired) electrons. The summed E-state index contributed by atoms with van der Waals surface area (Å²) in [6, 6.07) is 7.97. The summed E-state index contributed by atoms with van der Waals surface area (Å²) in [5, 5.41) is 2.04. The molecule has 5 heteroatoms. The second-order valence-electron chi connectivity index (χ2n) is 4.30. The van der Waals surface area contributed by atoms with Gasteiger partial charge in [0.2, 0.25) is 0 Å². The maximum absolute atomic E-state index is 5.67. The predicted molar refractivity (Wildman–Crippen MR) is 83.2 cm³/mol. The summed E-state index contributed by atoms with van der Waals surface area (Å²) in [6.07, 6.45) is 4.76. The number of hydroxylamine groups is 1. The summed E-state index contributed by atoms with van der Waals surface area (Å²) in [5.74, 6) is 2.32. The van der Waals surface area contributed by atoms with E-state index in [0.29, 0.717) is 12.5 Å². The zero-order valence-corrected chi connectivity index (χ0v) is 12.3. The maximum atomic E-state index is 5.67. The highest BCUT2D eigenvalue weighted by Gasteiger charge is 2.24. The number of hydrogen-bond donors (Lipinski definition) is 1. The Morgan fingerprint density at radius 2 is 2.30 bits per heavy atom. The molecule has 0 fully saturated rings. The van der Waals surface area contributed by atoms with Gasteiger partial charge in [-0.15, -0.1) is 11.6 Å². The molecule has 2 aliphatic rings. The first-order valence-corrected chi connectivity index (χ1v) is 7.80. The summed E-state index contributed by atoms with van der Waals surface area (Å²) >= 11 is 7.30. The van der Waals surface area contributed by atoms with E-state index in [9.17, 15) is 0 Å². The summed E-state index contributed by atoms with van der Waals surface area (Å²) in [6.45, 7) is 0.630. The highest BCUT2D eigenvalue weighted by molar-refractivity contribution is 8.06. The lowest BCUT2D eigenvalue weighted by atomic mass is 10.1. The Hall–Kier alpha value is -1.52. The van der Waals surface area contributed by atoms with Gasteiger partial charge in [-0.25, -0.2) is 5.48 Å². The minimum Gasteiger partial charge on any atom is -0.494 e. The summed E-state index contributed by atoms with van der Waals surface area (Å²) < 4.78 is 5.67. The van der Waals surface area contributed by atoms with Gasteiger partial charge in [0.15, 0.2) is 5.76 Å². The van der Waals surface area contributed by atoms with Crippen molar-refractivity contribution in [2.24, 2.45) is 0 Å². The molecular formula is C15H14ClNO2S. The van der Waals surface area contributed by atoms with Crippen molar-refractivity contribution < 1.29 is 9.57 Å². The fourth-order valence-electron chi connectivity index (χ4n) is 1.96. The van der Waals surface area contributed by atoms with Gasteiger partial charge < -0.3 is 9.57 Å². The van der Waals surface area contributed by atoms with Gasteiger partial charge in [-0.2, -0.15) is 0 Å². The van der Waals surface area contributed by atoms with Crippen LogP contribution in [0.15, 0.2) is 52.5 Å². The van der Waals surface area contributed by atoms with Crippen LogP contribution in [0.4, 0.5) is 0 Å². The van der Waals surface area contributed by atoms with Gasteiger partial charge in [-0.3, -0.25) is 0 Å². The molecule has 0 unspecified atom stereocenters. The van der Waals surface area contributed by atoms with Crippen molar-refractivity contribution >= 4 is 29.1 Å². The van der Waals surface area contributed by atoms with E-state index in [2.05, 4.69) is 5.48 Å². The van der Waals surface area contributed by atoms with Crippen LogP contribution in [-0.4, -0.2) is 12.5 Å². The Morgan fingerprint density at radius 1 is 1.35 bits per heavy atom. The van der Waals surface area contributed by atoms with Crippen molar-refractivity contribution in [3.8, 4) is 5.75 Å². The summed E-state index contributed by atoms with van der Waals surface area (Å²) in [7, 11) is 0. The van der Waals surface area contributed by atoms with Crippen molar-refractivity contribution in [2.45, 2.75) is 6.42 Å². The number of ether oxygens (including phenoxy) is 1. The van der Waals surface area contributed by atoms with E-state index in [1.165, 1.54) is 0 Å². The first kappa shape index (κ1) is 13.5. The fraction of sp³-hybridized carbons (Fsp3) is 0.200. The van der Waals surface area contributed by atoms with Crippen molar-refractivity contribution in [3.05, 3.63) is 58.1 Å². The molecular weight excluding hydrogens is 294 g/mol. The first-order valence-electron chi connectivity index (χ1n) is 6.38. The average Bonchev–Trinajstić information content (AvgIpc) is 2.92. The van der Waals surface area contributed by atoms with Gasteiger partial charge in [0.1, 0.15) is 5.75 Å². The number of allylic oxidation sites excluding steroid dienone is 2. The molecule has 3 nitrogen and oxygen atoms in total. The molecule has 0 atom stereocenters. The van der Waals surface area contributed by atoms with Crippen LogP contribution in [0.1, 0.15) is 12.0 Å². The van der Waals surface area contributed by atoms with Gasteiger partial charge >= 0.3 is 0 Å². The Bertz CT molecular complexity index is 595. The predicted octanol–water partition coefficient (Wildman–Crippen LogP) is 4.04. The van der Waals surface area contributed by atoms with Gasteiger partial charge in [0.05, 0.1) is 17.2 Å². The largest absolute Gasteiger partial charge is 0.494 e. The Balaban J connectivity index is 1.82. The van der Waals surface area contributed by atoms with Gasteiger partial charge in [0, 0.05) is 11.4 Å². The number of hydrogen-bond acceptors (Lipinski definition) is 4. The van der Waals surface area contributed by atoms with Crippen molar-refractivity contribution in [1.82, 2.24) is 5.48 Å². The quantitative estimate of drug-likeness (QED) is 0.657. The van der Waals surface area contributed by atoms with E-state index in [-0.39, 0.29) is 0 Å². The number of alkyl halides is 1. The van der Waals surface area contributed by atoms with E-state index in [0.717, 1.165) is 34.1 Å². The fourth-order valence-corrected chi connectivity index (χ4v) is 2.86. The highest BCUT2D eigenvalue weighted by atomic mass is 35.5. The minimum atomic E-state index is 0.613. The number of rotatable bonds is 5. The number of thioether (sulfide) groups is 1. The standard InChI is InChI=1S/C15H14ClNO2S/c16-7-3-8-18-12-5-1-4-11(10-12)14-15-13(19-17-14)6-2-9-20-15/h1-2,4-6,9-10,17H,3,7-8H2. The Morgan fingerprint density at radius 3 is 3.20 bits per heavy atom. The molecule has 0 bridgehead atoms. The van der Waals surface area contributed by atoms with Crippen molar-refractivity contribution in [2.75, 3.05) is 12.5 Å². The Labute approximate surface area is 127 Å². The van der Waals surface area contributed by atoms with E-state index < -0.39 is 0 Å². The highest BCUT2D eigenvalue weighted by Crippen LogP contribution is 2.39. The molecule has 1 aromatic carbocycles. The molecule has 0 spiro atoms. The second-order valence-corrected chi connectivity index (χ2v) is 5.60. The summed E-state index contributed by atoms with van der Waals surface area (Å²) in [5.41, 5.74) is 5.01. The monoisotopic (exact) mass is 307 g/mol. The smallest absolute Gasteiger partial charge is 0.171 e. The molecule has 20 heavy (non-hydrogen) atoms.